The number of piperidine rings is 1. The van der Waals surface area contributed by atoms with Gasteiger partial charge in [-0.2, -0.15) is 5.26 Å². The van der Waals surface area contributed by atoms with Crippen molar-refractivity contribution in [2.75, 3.05) is 32.8 Å². The highest BCUT2D eigenvalue weighted by molar-refractivity contribution is 5.95. The molecule has 0 spiro atoms. The third-order valence-corrected chi connectivity index (χ3v) is 9.11. The highest BCUT2D eigenvalue weighted by Gasteiger charge is 2.32. The number of ether oxygens (including phenoxy) is 2. The molecule has 4 aromatic rings. The molecular formula is C36H40N4O4. The second kappa shape index (κ2) is 13.2. The van der Waals surface area contributed by atoms with Gasteiger partial charge >= 0.3 is 0 Å². The Morgan fingerprint density at radius 2 is 1.84 bits per heavy atom. The van der Waals surface area contributed by atoms with Gasteiger partial charge in [0.05, 0.1) is 18.8 Å². The Hall–Kier alpha value is -4.19. The fourth-order valence-electron chi connectivity index (χ4n) is 6.37. The normalized spacial score (nSPS) is 21.2. The summed E-state index contributed by atoms with van der Waals surface area (Å²) < 4.78 is 17.9. The second-order valence-electron chi connectivity index (χ2n) is 12.2. The van der Waals surface area contributed by atoms with Gasteiger partial charge in [0.15, 0.2) is 5.58 Å². The quantitative estimate of drug-likeness (QED) is 0.243. The minimum Gasteiger partial charge on any atom is -0.489 e. The van der Waals surface area contributed by atoms with Crippen LogP contribution in [-0.2, 0) is 4.74 Å². The van der Waals surface area contributed by atoms with Crippen LogP contribution in [-0.4, -0.2) is 60.8 Å². The Balaban J connectivity index is 1.19. The van der Waals surface area contributed by atoms with E-state index < -0.39 is 0 Å². The van der Waals surface area contributed by atoms with Gasteiger partial charge in [0.1, 0.15) is 29.2 Å². The third kappa shape index (κ3) is 6.35. The number of likely N-dealkylation sites (tertiary alicyclic amines) is 1. The van der Waals surface area contributed by atoms with Crippen LogP contribution in [0.3, 0.4) is 0 Å². The summed E-state index contributed by atoms with van der Waals surface area (Å²) in [7, 11) is 0. The highest BCUT2D eigenvalue weighted by Crippen LogP contribution is 2.36. The van der Waals surface area contributed by atoms with Gasteiger partial charge in [0, 0.05) is 60.9 Å². The summed E-state index contributed by atoms with van der Waals surface area (Å²) in [6.07, 6.45) is 4.54. The van der Waals surface area contributed by atoms with Crippen LogP contribution in [0.4, 0.5) is 0 Å². The zero-order valence-corrected chi connectivity index (χ0v) is 25.7. The van der Waals surface area contributed by atoms with Crippen molar-refractivity contribution in [3.63, 3.8) is 0 Å². The molecule has 8 nitrogen and oxygen atoms in total. The molecule has 2 aliphatic heterocycles. The number of amides is 1. The molecule has 3 atom stereocenters. The van der Waals surface area contributed by atoms with Gasteiger partial charge in [-0.1, -0.05) is 39.0 Å². The van der Waals surface area contributed by atoms with Crippen molar-refractivity contribution in [3.8, 4) is 34.3 Å². The number of nitriles is 1. The van der Waals surface area contributed by atoms with E-state index in [0.717, 1.165) is 61.1 Å². The molecule has 3 unspecified atom stereocenters. The zero-order chi connectivity index (χ0) is 30.6. The number of furan rings is 1. The molecule has 0 saturated carbocycles. The number of carbonyl (C=O) groups excluding carboxylic acids is 1. The van der Waals surface area contributed by atoms with Gasteiger partial charge in [0.25, 0.3) is 5.91 Å². The zero-order valence-electron chi connectivity index (χ0n) is 25.7. The van der Waals surface area contributed by atoms with Crippen molar-refractivity contribution in [1.29, 1.82) is 5.26 Å². The summed E-state index contributed by atoms with van der Waals surface area (Å²) >= 11 is 0. The highest BCUT2D eigenvalue weighted by atomic mass is 16.5. The van der Waals surface area contributed by atoms with E-state index in [0.29, 0.717) is 53.3 Å². The molecule has 4 heterocycles. The predicted molar refractivity (Wildman–Crippen MR) is 170 cm³/mol. The lowest BCUT2D eigenvalue weighted by Gasteiger charge is -2.41. The van der Waals surface area contributed by atoms with Crippen molar-refractivity contribution in [3.05, 3.63) is 71.9 Å². The Morgan fingerprint density at radius 3 is 2.59 bits per heavy atom. The molecule has 0 radical (unpaired) electrons. The first kappa shape index (κ1) is 29.9. The van der Waals surface area contributed by atoms with Gasteiger partial charge in [-0.3, -0.25) is 9.78 Å². The molecule has 2 aromatic carbocycles. The Bertz CT molecular complexity index is 1650. The van der Waals surface area contributed by atoms with Crippen LogP contribution >= 0.6 is 0 Å². The largest absolute Gasteiger partial charge is 0.489 e. The maximum Gasteiger partial charge on any atom is 0.251 e. The van der Waals surface area contributed by atoms with E-state index >= 15 is 0 Å². The molecule has 1 N–H and O–H groups in total. The summed E-state index contributed by atoms with van der Waals surface area (Å²) in [5, 5.41) is 13.2. The molecule has 2 saturated heterocycles. The summed E-state index contributed by atoms with van der Waals surface area (Å²) in [6.45, 7) is 11.1. The number of benzene rings is 2. The lowest BCUT2D eigenvalue weighted by molar-refractivity contribution is 0.0254. The van der Waals surface area contributed by atoms with E-state index in [2.05, 4.69) is 42.0 Å². The first-order chi connectivity index (χ1) is 21.4. The standard InChI is InChI=1S/C36H40N4O4/c1-4-15-40-21-23(2)24(3)32(22-40)39-36(41)26-7-5-25(6-8-26)34-19-31-35(44-34)30(11-14-38-31)27-9-10-33(28(18-27)20-37)43-29-12-16-42-17-13-29/h5-11,14,18-19,23-24,29,32H,4,12-13,15-17,21-22H2,1-3H3,(H,39,41). The van der Waals surface area contributed by atoms with Crippen LogP contribution in [0.25, 0.3) is 33.6 Å². The van der Waals surface area contributed by atoms with Crippen molar-refractivity contribution in [1.82, 2.24) is 15.2 Å². The number of nitrogens with zero attached hydrogens (tertiary/aromatic N) is 3. The number of rotatable bonds is 8. The van der Waals surface area contributed by atoms with E-state index in [1.165, 1.54) is 0 Å². The van der Waals surface area contributed by atoms with Crippen LogP contribution in [0, 0.1) is 23.2 Å². The predicted octanol–water partition coefficient (Wildman–Crippen LogP) is 6.69. The fourth-order valence-corrected chi connectivity index (χ4v) is 6.37. The minimum absolute atomic E-state index is 0.0509. The smallest absolute Gasteiger partial charge is 0.251 e. The van der Waals surface area contributed by atoms with Gasteiger partial charge in [-0.05, 0) is 60.7 Å². The first-order valence-electron chi connectivity index (χ1n) is 15.7. The average Bonchev–Trinajstić information content (AvgIpc) is 3.49. The SMILES string of the molecule is CCCN1CC(C)C(C)C(NC(=O)c2ccc(-c3cc4nccc(-c5ccc(OC6CCOCC6)c(C#N)c5)c4o3)cc2)C1. The van der Waals surface area contributed by atoms with Crippen molar-refractivity contribution in [2.45, 2.75) is 52.2 Å². The molecule has 44 heavy (non-hydrogen) atoms. The van der Waals surface area contributed by atoms with E-state index in [4.69, 9.17) is 13.9 Å². The number of hydrogen-bond acceptors (Lipinski definition) is 7. The van der Waals surface area contributed by atoms with Gasteiger partial charge in [-0.25, -0.2) is 0 Å². The van der Waals surface area contributed by atoms with Crippen LogP contribution in [0.5, 0.6) is 5.75 Å². The molecule has 2 aromatic heterocycles. The van der Waals surface area contributed by atoms with Crippen molar-refractivity contribution >= 4 is 17.0 Å². The van der Waals surface area contributed by atoms with Gasteiger partial charge in [-0.15, -0.1) is 0 Å². The topological polar surface area (TPSA) is 101 Å². The molecule has 228 valence electrons. The summed E-state index contributed by atoms with van der Waals surface area (Å²) in [5.41, 5.74) is 5.03. The molecule has 6 rings (SSSR count). The lowest BCUT2D eigenvalue weighted by atomic mass is 9.84. The van der Waals surface area contributed by atoms with Crippen molar-refractivity contribution in [2.24, 2.45) is 11.8 Å². The maximum absolute atomic E-state index is 13.2. The maximum atomic E-state index is 13.2. The lowest BCUT2D eigenvalue weighted by Crippen LogP contribution is -2.55. The van der Waals surface area contributed by atoms with Crippen LogP contribution in [0.2, 0.25) is 0 Å². The number of nitrogens with one attached hydrogen (secondary N) is 1. The van der Waals surface area contributed by atoms with E-state index in [1.807, 2.05) is 54.6 Å². The van der Waals surface area contributed by atoms with Crippen LogP contribution in [0.1, 0.15) is 56.0 Å². The van der Waals surface area contributed by atoms with Crippen molar-refractivity contribution < 1.29 is 18.7 Å². The molecular weight excluding hydrogens is 552 g/mol. The van der Waals surface area contributed by atoms with Gasteiger partial charge in [0.2, 0.25) is 0 Å². The molecule has 8 heteroatoms. The summed E-state index contributed by atoms with van der Waals surface area (Å²) in [5.74, 6) is 2.15. The van der Waals surface area contributed by atoms with Crippen LogP contribution < -0.4 is 10.1 Å². The fraction of sp³-hybridized carbons (Fsp3) is 0.417. The molecule has 1 amide bonds. The van der Waals surface area contributed by atoms with E-state index in [9.17, 15) is 10.1 Å². The monoisotopic (exact) mass is 592 g/mol. The molecule has 2 aliphatic rings. The Morgan fingerprint density at radius 1 is 1.07 bits per heavy atom. The van der Waals surface area contributed by atoms with E-state index in [1.54, 1.807) is 6.20 Å². The number of aromatic nitrogens is 1. The third-order valence-electron chi connectivity index (χ3n) is 9.11. The summed E-state index contributed by atoms with van der Waals surface area (Å²) in [6, 6.07) is 19.4. The minimum atomic E-state index is -0.0509. The summed E-state index contributed by atoms with van der Waals surface area (Å²) in [4.78, 5) is 20.2. The molecule has 0 aliphatic carbocycles. The average molecular weight is 593 g/mol. The number of fused-ring (bicyclic) bond motifs is 1. The number of hydrogen-bond donors (Lipinski definition) is 1. The van der Waals surface area contributed by atoms with E-state index in [-0.39, 0.29) is 18.1 Å². The first-order valence-corrected chi connectivity index (χ1v) is 15.7. The van der Waals surface area contributed by atoms with Gasteiger partial charge < -0.3 is 24.1 Å². The Labute approximate surface area is 259 Å². The molecule has 0 bridgehead atoms. The molecule has 2 fully saturated rings. The number of pyridine rings is 1. The number of carbonyl (C=O) groups is 1. The Kier molecular flexibility index (Phi) is 8.96. The van der Waals surface area contributed by atoms with Crippen LogP contribution in [0.15, 0.2) is 65.2 Å². The second-order valence-corrected chi connectivity index (χ2v) is 12.2.